The summed E-state index contributed by atoms with van der Waals surface area (Å²) in [6.07, 6.45) is 5.39. The van der Waals surface area contributed by atoms with Crippen molar-refractivity contribution < 1.29 is 18.3 Å². The molecule has 0 bridgehead atoms. The molecule has 1 aliphatic rings. The molecule has 1 N–H and O–H groups in total. The molecule has 1 aromatic heterocycles. The minimum atomic E-state index is -0.641. The maximum Gasteiger partial charge on any atom is 0.266 e. The Morgan fingerprint density at radius 2 is 1.83 bits per heavy atom. The van der Waals surface area contributed by atoms with E-state index in [4.69, 9.17) is 16.3 Å². The molecule has 41 heavy (non-hydrogen) atoms. The molecule has 1 heterocycles. The number of carbonyl (C=O) groups is 1. The Balaban J connectivity index is 1.57. The first-order valence-corrected chi connectivity index (χ1v) is 16.0. The predicted molar refractivity (Wildman–Crippen MR) is 167 cm³/mol. The van der Waals surface area contributed by atoms with Crippen LogP contribution < -0.4 is 10.1 Å². The average Bonchev–Trinajstić information content (AvgIpc) is 3.36. The molecule has 0 radical (unpaired) electrons. The van der Waals surface area contributed by atoms with Crippen molar-refractivity contribution in [2.45, 2.75) is 55.6 Å². The number of methoxy groups -OCH3 is 1. The summed E-state index contributed by atoms with van der Waals surface area (Å²) in [6, 6.07) is 16.3. The van der Waals surface area contributed by atoms with E-state index in [2.05, 4.69) is 36.5 Å². The lowest BCUT2D eigenvalue weighted by atomic mass is 9.80. The van der Waals surface area contributed by atoms with E-state index in [1.807, 2.05) is 36.4 Å². The summed E-state index contributed by atoms with van der Waals surface area (Å²) in [4.78, 5) is 17.4. The van der Waals surface area contributed by atoms with Crippen molar-refractivity contribution in [3.8, 4) is 16.9 Å². The molecule has 4 aromatic rings. The van der Waals surface area contributed by atoms with Crippen molar-refractivity contribution in [1.82, 2.24) is 10.2 Å². The molecular formula is C32H33ClF2N2O2S2. The number of rotatable bonds is 8. The second-order valence-corrected chi connectivity index (χ2v) is 13.0. The highest BCUT2D eigenvalue weighted by atomic mass is 35.5. The van der Waals surface area contributed by atoms with E-state index in [0.29, 0.717) is 5.75 Å². The molecular weight excluding hydrogens is 582 g/mol. The van der Waals surface area contributed by atoms with Crippen LogP contribution in [0, 0.1) is 11.6 Å². The van der Waals surface area contributed by atoms with Crippen LogP contribution in [0.3, 0.4) is 0 Å². The lowest BCUT2D eigenvalue weighted by molar-refractivity contribution is 0.0569. The maximum absolute atomic E-state index is 14.7. The van der Waals surface area contributed by atoms with E-state index in [-0.39, 0.29) is 44.0 Å². The Bertz CT molecular complexity index is 1580. The Hall–Kier alpha value is -2.65. The van der Waals surface area contributed by atoms with Crippen LogP contribution in [-0.2, 0) is 6.54 Å². The van der Waals surface area contributed by atoms with Gasteiger partial charge in [-0.1, -0.05) is 29.8 Å². The minimum absolute atomic E-state index is 0.00730. The van der Waals surface area contributed by atoms with E-state index in [1.165, 1.54) is 0 Å². The van der Waals surface area contributed by atoms with Gasteiger partial charge < -0.3 is 15.0 Å². The molecule has 4 nitrogen and oxygen atoms in total. The van der Waals surface area contributed by atoms with E-state index in [0.717, 1.165) is 70.7 Å². The molecule has 0 atom stereocenters. The first kappa shape index (κ1) is 29.8. The lowest BCUT2D eigenvalue weighted by Gasteiger charge is -2.42. The van der Waals surface area contributed by atoms with Gasteiger partial charge >= 0.3 is 0 Å². The molecule has 216 valence electrons. The number of nitrogens with zero attached hydrogens (tertiary/aromatic N) is 1. The summed E-state index contributed by atoms with van der Waals surface area (Å²) in [5.41, 5.74) is 2.93. The first-order valence-electron chi connectivity index (χ1n) is 13.5. The highest BCUT2D eigenvalue weighted by molar-refractivity contribution is 7.98. The summed E-state index contributed by atoms with van der Waals surface area (Å²) in [7, 11) is 3.58. The van der Waals surface area contributed by atoms with E-state index < -0.39 is 11.6 Å². The van der Waals surface area contributed by atoms with Gasteiger partial charge in [0.1, 0.15) is 22.3 Å². The number of ether oxygens (including phenoxy) is 1. The number of hydrogen-bond acceptors (Lipinski definition) is 5. The number of carbonyl (C=O) groups excluding carboxylic acids is 1. The molecule has 1 aliphatic carbocycles. The summed E-state index contributed by atoms with van der Waals surface area (Å²) in [5, 5.41) is 3.33. The molecule has 0 saturated heterocycles. The fourth-order valence-electron chi connectivity index (χ4n) is 5.60. The Morgan fingerprint density at radius 3 is 2.49 bits per heavy atom. The summed E-state index contributed by atoms with van der Waals surface area (Å²) < 4.78 is 35.1. The smallest absolute Gasteiger partial charge is 0.266 e. The van der Waals surface area contributed by atoms with Crippen LogP contribution in [0.15, 0.2) is 59.5 Å². The molecule has 1 amide bonds. The normalized spacial score (nSPS) is 19.0. The first-order chi connectivity index (χ1) is 19.7. The van der Waals surface area contributed by atoms with Gasteiger partial charge in [-0.05, 0) is 93.4 Å². The van der Waals surface area contributed by atoms with E-state index in [9.17, 15) is 13.6 Å². The van der Waals surface area contributed by atoms with Crippen molar-refractivity contribution in [2.75, 3.05) is 20.4 Å². The third-order valence-electron chi connectivity index (χ3n) is 8.26. The van der Waals surface area contributed by atoms with Gasteiger partial charge in [0.25, 0.3) is 5.91 Å². The number of hydrogen-bond donors (Lipinski definition) is 1. The predicted octanol–water partition coefficient (Wildman–Crippen LogP) is 8.79. The van der Waals surface area contributed by atoms with Gasteiger partial charge in [0.05, 0.1) is 22.2 Å². The van der Waals surface area contributed by atoms with Crippen LogP contribution in [0.2, 0.25) is 5.02 Å². The summed E-state index contributed by atoms with van der Waals surface area (Å²) in [5.74, 6) is -0.895. The number of amides is 1. The molecule has 1 saturated carbocycles. The Kier molecular flexibility index (Phi) is 8.95. The standard InChI is InChI=1S/C32H33ClF2N2O2S2/c1-32(36-2)14-12-22(13-15-32)37(31(38)30-28(33)27-24(34)9-10-25(35)29(27)41-30)18-21-16-20(8-11-26(21)39-3)19-6-5-7-23(17-19)40-4/h5-11,16-17,22,36H,12-15,18H2,1-4H3. The fourth-order valence-corrected chi connectivity index (χ4v) is 7.57. The fraction of sp³-hybridized carbons (Fsp3) is 0.344. The van der Waals surface area contributed by atoms with Crippen LogP contribution in [0.5, 0.6) is 5.75 Å². The third-order valence-corrected chi connectivity index (χ3v) is 10.7. The second-order valence-electron chi connectivity index (χ2n) is 10.7. The molecule has 0 unspecified atom stereocenters. The monoisotopic (exact) mass is 614 g/mol. The molecule has 1 fully saturated rings. The summed E-state index contributed by atoms with van der Waals surface area (Å²) >= 11 is 9.18. The van der Waals surface area contributed by atoms with Gasteiger partial charge in [-0.25, -0.2) is 8.78 Å². The quantitative estimate of drug-likeness (QED) is 0.201. The zero-order chi connectivity index (χ0) is 29.3. The minimum Gasteiger partial charge on any atom is -0.496 e. The lowest BCUT2D eigenvalue weighted by Crippen LogP contribution is -2.49. The molecule has 3 aromatic carbocycles. The van der Waals surface area contributed by atoms with Gasteiger partial charge in [0.2, 0.25) is 0 Å². The molecule has 5 rings (SSSR count). The maximum atomic E-state index is 14.7. The highest BCUT2D eigenvalue weighted by Gasteiger charge is 2.36. The summed E-state index contributed by atoms with van der Waals surface area (Å²) in [6.45, 7) is 2.47. The number of benzene rings is 3. The van der Waals surface area contributed by atoms with Crippen molar-refractivity contribution >= 4 is 50.7 Å². The number of nitrogens with one attached hydrogen (secondary N) is 1. The van der Waals surface area contributed by atoms with Crippen LogP contribution in [-0.4, -0.2) is 42.8 Å². The molecule has 9 heteroatoms. The van der Waals surface area contributed by atoms with E-state index >= 15 is 0 Å². The topological polar surface area (TPSA) is 41.6 Å². The van der Waals surface area contributed by atoms with Crippen molar-refractivity contribution in [2.24, 2.45) is 0 Å². The number of thiophene rings is 1. The molecule has 0 spiro atoms. The number of halogens is 3. The van der Waals surface area contributed by atoms with Gasteiger partial charge in [-0.2, -0.15) is 0 Å². The zero-order valence-electron chi connectivity index (χ0n) is 23.5. The largest absolute Gasteiger partial charge is 0.496 e. The number of thioether (sulfide) groups is 1. The van der Waals surface area contributed by atoms with Gasteiger partial charge in [-0.3, -0.25) is 4.79 Å². The van der Waals surface area contributed by atoms with Gasteiger partial charge in [-0.15, -0.1) is 23.1 Å². The van der Waals surface area contributed by atoms with Crippen molar-refractivity contribution in [3.05, 3.63) is 81.7 Å². The average molecular weight is 615 g/mol. The van der Waals surface area contributed by atoms with Crippen LogP contribution >= 0.6 is 34.7 Å². The van der Waals surface area contributed by atoms with Gasteiger partial charge in [0, 0.05) is 28.6 Å². The van der Waals surface area contributed by atoms with E-state index in [1.54, 1.807) is 18.9 Å². The Morgan fingerprint density at radius 1 is 1.12 bits per heavy atom. The van der Waals surface area contributed by atoms with Crippen LogP contribution in [0.1, 0.15) is 47.8 Å². The van der Waals surface area contributed by atoms with Crippen LogP contribution in [0.25, 0.3) is 21.2 Å². The van der Waals surface area contributed by atoms with Gasteiger partial charge in [0.15, 0.2) is 0 Å². The van der Waals surface area contributed by atoms with Crippen molar-refractivity contribution in [1.29, 1.82) is 0 Å². The third kappa shape index (κ3) is 5.98. The number of fused-ring (bicyclic) bond motifs is 1. The zero-order valence-corrected chi connectivity index (χ0v) is 25.9. The van der Waals surface area contributed by atoms with Crippen LogP contribution in [0.4, 0.5) is 8.78 Å². The highest BCUT2D eigenvalue weighted by Crippen LogP contribution is 2.41. The molecule has 0 aliphatic heterocycles. The second kappa shape index (κ2) is 12.3. The SMILES string of the molecule is CNC1(C)CCC(N(Cc2cc(-c3cccc(SC)c3)ccc2OC)C(=O)c2sc3c(F)ccc(F)c3c2Cl)CC1. The van der Waals surface area contributed by atoms with Crippen molar-refractivity contribution in [3.63, 3.8) is 0 Å². The Labute approximate surface area is 253 Å².